The summed E-state index contributed by atoms with van der Waals surface area (Å²) < 4.78 is 0. The van der Waals surface area contributed by atoms with E-state index in [2.05, 4.69) is 34.8 Å². The minimum atomic E-state index is -0.00124. The SMILES string of the molecule is CCCNC(=O)CNC(=NC)NCCC(C)C. The highest BCUT2D eigenvalue weighted by Crippen LogP contribution is 1.95. The van der Waals surface area contributed by atoms with Crippen LogP contribution in [0.4, 0.5) is 0 Å². The maximum absolute atomic E-state index is 11.3. The van der Waals surface area contributed by atoms with Crippen LogP contribution < -0.4 is 16.0 Å². The van der Waals surface area contributed by atoms with E-state index in [1.807, 2.05) is 6.92 Å². The Balaban J connectivity index is 3.71. The molecule has 0 aromatic rings. The summed E-state index contributed by atoms with van der Waals surface area (Å²) in [6.45, 7) is 8.24. The number of hydrogen-bond acceptors (Lipinski definition) is 2. The van der Waals surface area contributed by atoms with Gasteiger partial charge in [0.15, 0.2) is 5.96 Å². The molecule has 5 nitrogen and oxygen atoms in total. The molecule has 0 aromatic heterocycles. The molecule has 17 heavy (non-hydrogen) atoms. The van der Waals surface area contributed by atoms with E-state index in [0.717, 1.165) is 25.9 Å². The van der Waals surface area contributed by atoms with Gasteiger partial charge in [-0.25, -0.2) is 0 Å². The van der Waals surface area contributed by atoms with E-state index < -0.39 is 0 Å². The second-order valence-corrected chi connectivity index (χ2v) is 4.39. The van der Waals surface area contributed by atoms with Crippen LogP contribution in [0.15, 0.2) is 4.99 Å². The van der Waals surface area contributed by atoms with Crippen LogP contribution in [-0.4, -0.2) is 38.5 Å². The van der Waals surface area contributed by atoms with Crippen molar-refractivity contribution >= 4 is 11.9 Å². The van der Waals surface area contributed by atoms with E-state index in [1.165, 1.54) is 0 Å². The van der Waals surface area contributed by atoms with Gasteiger partial charge in [-0.15, -0.1) is 0 Å². The third kappa shape index (κ3) is 9.66. The Morgan fingerprint density at radius 2 is 1.88 bits per heavy atom. The quantitative estimate of drug-likeness (QED) is 0.455. The third-order valence-corrected chi connectivity index (χ3v) is 2.23. The van der Waals surface area contributed by atoms with Crippen LogP contribution in [0.5, 0.6) is 0 Å². The van der Waals surface area contributed by atoms with Gasteiger partial charge in [-0.2, -0.15) is 0 Å². The lowest BCUT2D eigenvalue weighted by Gasteiger charge is -2.12. The maximum Gasteiger partial charge on any atom is 0.239 e. The van der Waals surface area contributed by atoms with Gasteiger partial charge in [-0.05, 0) is 18.8 Å². The molecule has 0 bridgehead atoms. The van der Waals surface area contributed by atoms with Gasteiger partial charge in [0, 0.05) is 20.1 Å². The molecular weight excluding hydrogens is 216 g/mol. The summed E-state index contributed by atoms with van der Waals surface area (Å²) in [6, 6.07) is 0. The predicted molar refractivity (Wildman–Crippen MR) is 72.1 cm³/mol. The first-order valence-corrected chi connectivity index (χ1v) is 6.31. The van der Waals surface area contributed by atoms with E-state index in [4.69, 9.17) is 0 Å². The fourth-order valence-electron chi connectivity index (χ4n) is 1.19. The van der Waals surface area contributed by atoms with Crippen LogP contribution >= 0.6 is 0 Å². The first kappa shape index (κ1) is 15.7. The fraction of sp³-hybridized carbons (Fsp3) is 0.833. The van der Waals surface area contributed by atoms with E-state index >= 15 is 0 Å². The molecule has 0 fully saturated rings. The lowest BCUT2D eigenvalue weighted by Crippen LogP contribution is -2.43. The first-order valence-electron chi connectivity index (χ1n) is 6.31. The van der Waals surface area contributed by atoms with E-state index in [9.17, 15) is 4.79 Å². The number of rotatable bonds is 7. The number of nitrogens with zero attached hydrogens (tertiary/aromatic N) is 1. The van der Waals surface area contributed by atoms with Crippen molar-refractivity contribution < 1.29 is 4.79 Å². The van der Waals surface area contributed by atoms with Gasteiger partial charge >= 0.3 is 0 Å². The first-order chi connectivity index (χ1) is 8.10. The average molecular weight is 242 g/mol. The number of carbonyl (C=O) groups excluding carboxylic acids is 1. The molecule has 0 spiro atoms. The molecule has 100 valence electrons. The van der Waals surface area contributed by atoms with Gasteiger partial charge in [0.1, 0.15) is 0 Å². The highest BCUT2D eigenvalue weighted by molar-refractivity contribution is 5.86. The van der Waals surface area contributed by atoms with E-state index in [-0.39, 0.29) is 12.5 Å². The van der Waals surface area contributed by atoms with Crippen molar-refractivity contribution in [2.75, 3.05) is 26.7 Å². The van der Waals surface area contributed by atoms with E-state index in [1.54, 1.807) is 7.05 Å². The average Bonchev–Trinajstić information content (AvgIpc) is 2.30. The zero-order valence-corrected chi connectivity index (χ0v) is 11.5. The molecule has 0 aliphatic heterocycles. The summed E-state index contributed by atoms with van der Waals surface area (Å²) in [5.41, 5.74) is 0. The summed E-state index contributed by atoms with van der Waals surface area (Å²) in [5.74, 6) is 1.34. The van der Waals surface area contributed by atoms with Crippen molar-refractivity contribution in [3.8, 4) is 0 Å². The lowest BCUT2D eigenvalue weighted by atomic mass is 10.1. The normalized spacial score (nSPS) is 11.5. The van der Waals surface area contributed by atoms with Crippen LogP contribution in [0, 0.1) is 5.92 Å². The topological polar surface area (TPSA) is 65.5 Å². The summed E-state index contributed by atoms with van der Waals surface area (Å²) in [6.07, 6.45) is 2.04. The van der Waals surface area contributed by atoms with Crippen LogP contribution in [0.3, 0.4) is 0 Å². The number of carbonyl (C=O) groups is 1. The summed E-state index contributed by atoms with van der Waals surface area (Å²) in [4.78, 5) is 15.4. The highest BCUT2D eigenvalue weighted by Gasteiger charge is 2.02. The molecule has 0 radical (unpaired) electrons. The molecule has 0 aliphatic rings. The zero-order valence-electron chi connectivity index (χ0n) is 11.5. The number of hydrogen-bond donors (Lipinski definition) is 3. The summed E-state index contributed by atoms with van der Waals surface area (Å²) in [7, 11) is 1.70. The van der Waals surface area contributed by atoms with Crippen LogP contribution in [0.1, 0.15) is 33.6 Å². The molecule has 0 unspecified atom stereocenters. The number of amides is 1. The molecule has 0 saturated carbocycles. The van der Waals surface area contributed by atoms with Crippen LogP contribution in [0.2, 0.25) is 0 Å². The van der Waals surface area contributed by atoms with Crippen molar-refractivity contribution in [3.05, 3.63) is 0 Å². The minimum absolute atomic E-state index is 0.00124. The molecule has 0 heterocycles. The van der Waals surface area contributed by atoms with Gasteiger partial charge < -0.3 is 16.0 Å². The Morgan fingerprint density at radius 3 is 2.41 bits per heavy atom. The van der Waals surface area contributed by atoms with Crippen molar-refractivity contribution in [2.24, 2.45) is 10.9 Å². The van der Waals surface area contributed by atoms with Crippen molar-refractivity contribution in [3.63, 3.8) is 0 Å². The smallest absolute Gasteiger partial charge is 0.239 e. The molecule has 3 N–H and O–H groups in total. The Bertz CT molecular complexity index is 239. The van der Waals surface area contributed by atoms with Crippen LogP contribution in [0.25, 0.3) is 0 Å². The van der Waals surface area contributed by atoms with Crippen molar-refractivity contribution in [1.29, 1.82) is 0 Å². The zero-order chi connectivity index (χ0) is 13.1. The van der Waals surface area contributed by atoms with Gasteiger partial charge in [0.25, 0.3) is 0 Å². The summed E-state index contributed by atoms with van der Waals surface area (Å²) in [5, 5.41) is 8.95. The van der Waals surface area contributed by atoms with E-state index in [0.29, 0.717) is 11.9 Å². The molecule has 0 rings (SSSR count). The highest BCUT2D eigenvalue weighted by atomic mass is 16.1. The van der Waals surface area contributed by atoms with Gasteiger partial charge in [0.2, 0.25) is 5.91 Å². The Morgan fingerprint density at radius 1 is 1.18 bits per heavy atom. The third-order valence-electron chi connectivity index (χ3n) is 2.23. The lowest BCUT2D eigenvalue weighted by molar-refractivity contribution is -0.120. The largest absolute Gasteiger partial charge is 0.356 e. The molecule has 0 aliphatic carbocycles. The van der Waals surface area contributed by atoms with Crippen molar-refractivity contribution in [1.82, 2.24) is 16.0 Å². The fourth-order valence-corrected chi connectivity index (χ4v) is 1.19. The van der Waals surface area contributed by atoms with Crippen LogP contribution in [-0.2, 0) is 4.79 Å². The standard InChI is InChI=1S/C12H26N4O/c1-5-7-14-11(17)9-16-12(13-4)15-8-6-10(2)3/h10H,5-9H2,1-4H3,(H,14,17)(H2,13,15,16). The molecule has 0 saturated heterocycles. The number of guanidine groups is 1. The molecule has 0 aromatic carbocycles. The Labute approximate surface area is 104 Å². The number of nitrogens with one attached hydrogen (secondary N) is 3. The van der Waals surface area contributed by atoms with Gasteiger partial charge in [-0.3, -0.25) is 9.79 Å². The second kappa shape index (κ2) is 9.93. The minimum Gasteiger partial charge on any atom is -0.356 e. The maximum atomic E-state index is 11.3. The Kier molecular flexibility index (Phi) is 9.19. The summed E-state index contributed by atoms with van der Waals surface area (Å²) >= 11 is 0. The monoisotopic (exact) mass is 242 g/mol. The van der Waals surface area contributed by atoms with Gasteiger partial charge in [0.05, 0.1) is 6.54 Å². The van der Waals surface area contributed by atoms with Crippen molar-refractivity contribution in [2.45, 2.75) is 33.6 Å². The predicted octanol–water partition coefficient (Wildman–Crippen LogP) is 0.724. The Hall–Kier alpha value is -1.26. The molecule has 5 heteroatoms. The molecule has 0 atom stereocenters. The number of aliphatic imine (C=N–C) groups is 1. The molecular formula is C12H26N4O. The molecule has 1 amide bonds. The van der Waals surface area contributed by atoms with Gasteiger partial charge in [-0.1, -0.05) is 20.8 Å². The second-order valence-electron chi connectivity index (χ2n) is 4.39.